The van der Waals surface area contributed by atoms with Gasteiger partial charge in [0.1, 0.15) is 5.82 Å². The number of benzene rings is 1. The van der Waals surface area contributed by atoms with Crippen molar-refractivity contribution in [3.8, 4) is 11.3 Å². The molecule has 6 heteroatoms. The van der Waals surface area contributed by atoms with Crippen LogP contribution in [0.4, 0.5) is 10.2 Å². The molecule has 0 aliphatic heterocycles. The van der Waals surface area contributed by atoms with Crippen molar-refractivity contribution in [3.05, 3.63) is 35.3 Å². The Balaban J connectivity index is 2.54. The number of nitrogens with zero attached hydrogens (tertiary/aromatic N) is 2. The molecule has 0 radical (unpaired) electrons. The van der Waals surface area contributed by atoms with E-state index in [1.165, 1.54) is 24.3 Å². The van der Waals surface area contributed by atoms with Gasteiger partial charge >= 0.3 is 5.82 Å². The lowest BCUT2D eigenvalue weighted by Crippen LogP contribution is -2.25. The second-order valence-electron chi connectivity index (χ2n) is 2.67. The molecule has 1 aromatic carbocycles. The first-order valence-corrected chi connectivity index (χ1v) is 3.79. The van der Waals surface area contributed by atoms with Crippen LogP contribution in [0.1, 0.15) is 0 Å². The number of nitrogen functional groups attached to an aromatic ring is 1. The second-order valence-corrected chi connectivity index (χ2v) is 2.67. The first kappa shape index (κ1) is 8.49. The highest BCUT2D eigenvalue weighted by molar-refractivity contribution is 5.65. The van der Waals surface area contributed by atoms with E-state index in [-0.39, 0.29) is 22.2 Å². The van der Waals surface area contributed by atoms with E-state index in [2.05, 4.69) is 9.79 Å². The Labute approximate surface area is 78.1 Å². The molecule has 0 spiro atoms. The molecule has 0 bridgehead atoms. The van der Waals surface area contributed by atoms with Crippen molar-refractivity contribution >= 4 is 5.82 Å². The van der Waals surface area contributed by atoms with Gasteiger partial charge in [0.15, 0.2) is 0 Å². The van der Waals surface area contributed by atoms with Crippen LogP contribution in [-0.2, 0) is 0 Å². The number of anilines is 1. The number of hydrogen-bond donors (Lipinski definition) is 1. The van der Waals surface area contributed by atoms with Gasteiger partial charge in [0.05, 0.1) is 5.16 Å². The van der Waals surface area contributed by atoms with Gasteiger partial charge in [-0.3, -0.25) is 4.63 Å². The fraction of sp³-hybridized carbons (Fsp3) is 0. The molecule has 0 unspecified atom stereocenters. The Hall–Kier alpha value is -2.11. The van der Waals surface area contributed by atoms with Crippen LogP contribution in [-0.4, -0.2) is 5.16 Å². The predicted molar refractivity (Wildman–Crippen MR) is 45.3 cm³/mol. The molecule has 14 heavy (non-hydrogen) atoms. The summed E-state index contributed by atoms with van der Waals surface area (Å²) in [6.45, 7) is 0. The third-order valence-electron chi connectivity index (χ3n) is 1.76. The van der Waals surface area contributed by atoms with Crippen LogP contribution in [0.2, 0.25) is 0 Å². The average Bonchev–Trinajstić information content (AvgIpc) is 2.49. The lowest BCUT2D eigenvalue weighted by molar-refractivity contribution is -0.793. The van der Waals surface area contributed by atoms with Gasteiger partial charge in [-0.25, -0.2) is 4.39 Å². The zero-order valence-electron chi connectivity index (χ0n) is 6.98. The molecule has 2 N–H and O–H groups in total. The molecule has 72 valence electrons. The van der Waals surface area contributed by atoms with Gasteiger partial charge in [0.25, 0.3) is 0 Å². The predicted octanol–water partition coefficient (Wildman–Crippen LogP) is 0.696. The fourth-order valence-corrected chi connectivity index (χ4v) is 1.12. The number of halogens is 1. The first-order chi connectivity index (χ1) is 6.68. The molecule has 0 aliphatic carbocycles. The van der Waals surface area contributed by atoms with E-state index in [0.29, 0.717) is 5.56 Å². The molecule has 0 fully saturated rings. The number of rotatable bonds is 1. The van der Waals surface area contributed by atoms with Crippen LogP contribution in [0.5, 0.6) is 0 Å². The van der Waals surface area contributed by atoms with Gasteiger partial charge < -0.3 is 10.9 Å². The maximum Gasteiger partial charge on any atom is 0.313 e. The van der Waals surface area contributed by atoms with Gasteiger partial charge in [-0.2, -0.15) is 0 Å². The fourth-order valence-electron chi connectivity index (χ4n) is 1.12. The van der Waals surface area contributed by atoms with Crippen LogP contribution in [0.25, 0.3) is 11.3 Å². The quantitative estimate of drug-likeness (QED) is 0.679. The van der Waals surface area contributed by atoms with Crippen LogP contribution in [0.15, 0.2) is 28.9 Å². The van der Waals surface area contributed by atoms with Crippen molar-refractivity contribution in [1.29, 1.82) is 0 Å². The summed E-state index contributed by atoms with van der Waals surface area (Å²) >= 11 is 0. The molecule has 0 saturated carbocycles. The van der Waals surface area contributed by atoms with Crippen molar-refractivity contribution < 1.29 is 13.9 Å². The Kier molecular flexibility index (Phi) is 1.81. The molecular formula is C8H6FN3O2. The smallest absolute Gasteiger partial charge is 0.313 e. The highest BCUT2D eigenvalue weighted by atomic mass is 19.1. The molecule has 0 atom stereocenters. The van der Waals surface area contributed by atoms with E-state index in [9.17, 15) is 9.60 Å². The van der Waals surface area contributed by atoms with Crippen molar-refractivity contribution in [3.63, 3.8) is 0 Å². The van der Waals surface area contributed by atoms with E-state index in [1.54, 1.807) is 0 Å². The third kappa shape index (κ3) is 1.26. The van der Waals surface area contributed by atoms with Crippen LogP contribution in [0.3, 0.4) is 0 Å². The summed E-state index contributed by atoms with van der Waals surface area (Å²) in [5.41, 5.74) is 5.94. The van der Waals surface area contributed by atoms with Crippen molar-refractivity contribution in [2.75, 3.05) is 5.73 Å². The molecule has 1 heterocycles. The van der Waals surface area contributed by atoms with E-state index < -0.39 is 0 Å². The van der Waals surface area contributed by atoms with Gasteiger partial charge in [0.2, 0.25) is 5.69 Å². The van der Waals surface area contributed by atoms with Gasteiger partial charge in [-0.05, 0) is 29.2 Å². The molecule has 2 rings (SSSR count). The van der Waals surface area contributed by atoms with Crippen LogP contribution in [0, 0.1) is 11.0 Å². The SMILES string of the molecule is Nc1no[n+]([O-])c1-c1ccc(F)cc1. The standard InChI is InChI=1S/C8H6FN3O2/c9-6-3-1-5(2-4-6)7-8(10)11-14-12(7)13/h1-4H,(H2,10,11). The largest absolute Gasteiger partial charge is 0.359 e. The molecule has 2 aromatic rings. The molecular weight excluding hydrogens is 189 g/mol. The Morgan fingerprint density at radius 1 is 1.36 bits per heavy atom. The Morgan fingerprint density at radius 2 is 2.00 bits per heavy atom. The molecule has 0 amide bonds. The highest BCUT2D eigenvalue weighted by Crippen LogP contribution is 2.20. The zero-order chi connectivity index (χ0) is 10.1. The van der Waals surface area contributed by atoms with Gasteiger partial charge in [0, 0.05) is 5.56 Å². The van der Waals surface area contributed by atoms with E-state index in [0.717, 1.165) is 0 Å². The summed E-state index contributed by atoms with van der Waals surface area (Å²) in [5, 5.41) is 14.3. The summed E-state index contributed by atoms with van der Waals surface area (Å²) in [7, 11) is 0. The van der Waals surface area contributed by atoms with Crippen LogP contribution < -0.4 is 10.6 Å². The highest BCUT2D eigenvalue weighted by Gasteiger charge is 2.17. The summed E-state index contributed by atoms with van der Waals surface area (Å²) in [4.78, 5) is 0.183. The lowest BCUT2D eigenvalue weighted by Gasteiger charge is -1.96. The van der Waals surface area contributed by atoms with E-state index in [4.69, 9.17) is 5.73 Å². The monoisotopic (exact) mass is 195 g/mol. The van der Waals surface area contributed by atoms with Crippen molar-refractivity contribution in [2.45, 2.75) is 0 Å². The lowest BCUT2D eigenvalue weighted by atomic mass is 10.1. The van der Waals surface area contributed by atoms with Crippen molar-refractivity contribution in [2.24, 2.45) is 0 Å². The van der Waals surface area contributed by atoms with E-state index in [1.807, 2.05) is 0 Å². The maximum atomic E-state index is 12.6. The number of hydrogen-bond acceptors (Lipinski definition) is 4. The summed E-state index contributed by atoms with van der Waals surface area (Å²) in [6, 6.07) is 5.29. The second kappa shape index (κ2) is 2.99. The summed E-state index contributed by atoms with van der Waals surface area (Å²) in [6.07, 6.45) is 0. The minimum absolute atomic E-state index is 0.0217. The van der Waals surface area contributed by atoms with Crippen LogP contribution >= 0.6 is 0 Å². The normalized spacial score (nSPS) is 10.4. The molecule has 1 aromatic heterocycles. The summed E-state index contributed by atoms with van der Waals surface area (Å²) < 4.78 is 16.8. The molecule has 0 saturated heterocycles. The molecule has 5 nitrogen and oxygen atoms in total. The topological polar surface area (TPSA) is 79.0 Å². The maximum absolute atomic E-state index is 12.6. The Morgan fingerprint density at radius 3 is 2.50 bits per heavy atom. The third-order valence-corrected chi connectivity index (χ3v) is 1.76. The van der Waals surface area contributed by atoms with Gasteiger partial charge in [-0.15, -0.1) is 0 Å². The van der Waals surface area contributed by atoms with Gasteiger partial charge in [-0.1, -0.05) is 0 Å². The number of nitrogens with two attached hydrogens (primary N) is 1. The van der Waals surface area contributed by atoms with Crippen molar-refractivity contribution in [1.82, 2.24) is 5.16 Å². The number of aromatic nitrogens is 2. The minimum atomic E-state index is -0.388. The molecule has 0 aliphatic rings. The zero-order valence-corrected chi connectivity index (χ0v) is 6.98. The summed E-state index contributed by atoms with van der Waals surface area (Å²) in [5.74, 6) is -0.409. The Bertz CT molecular complexity index is 433. The minimum Gasteiger partial charge on any atom is -0.359 e. The van der Waals surface area contributed by atoms with E-state index >= 15 is 0 Å². The first-order valence-electron chi connectivity index (χ1n) is 3.79. The average molecular weight is 195 g/mol.